The van der Waals surface area contributed by atoms with Crippen LogP contribution in [-0.4, -0.2) is 15.3 Å². The molecular formula is C19H20N2OS. The summed E-state index contributed by atoms with van der Waals surface area (Å²) in [5, 5.41) is 1.41. The Morgan fingerprint density at radius 2 is 1.78 bits per heavy atom. The summed E-state index contributed by atoms with van der Waals surface area (Å²) in [6, 6.07) is 15.5. The summed E-state index contributed by atoms with van der Waals surface area (Å²) < 4.78 is 1.73. The van der Waals surface area contributed by atoms with Gasteiger partial charge >= 0.3 is 0 Å². The van der Waals surface area contributed by atoms with E-state index in [0.717, 1.165) is 22.1 Å². The van der Waals surface area contributed by atoms with Gasteiger partial charge in [0.25, 0.3) is 5.56 Å². The third-order valence-electron chi connectivity index (χ3n) is 3.58. The van der Waals surface area contributed by atoms with Crippen LogP contribution in [0.2, 0.25) is 0 Å². The molecule has 0 aliphatic carbocycles. The van der Waals surface area contributed by atoms with Crippen LogP contribution in [0.3, 0.4) is 0 Å². The predicted octanol–water partition coefficient (Wildman–Crippen LogP) is 4.44. The number of fused-ring (bicyclic) bond motifs is 1. The average Bonchev–Trinajstić information content (AvgIpc) is 2.54. The molecule has 0 unspecified atom stereocenters. The lowest BCUT2D eigenvalue weighted by atomic mass is 10.2. The Bertz CT molecular complexity index is 882. The molecule has 0 radical (unpaired) electrons. The van der Waals surface area contributed by atoms with Crippen LogP contribution in [0.4, 0.5) is 0 Å². The van der Waals surface area contributed by atoms with Gasteiger partial charge in [0, 0.05) is 5.75 Å². The molecule has 23 heavy (non-hydrogen) atoms. The maximum atomic E-state index is 13.0. The molecule has 0 atom stereocenters. The Balaban J connectivity index is 2.23. The molecule has 118 valence electrons. The van der Waals surface area contributed by atoms with Crippen LogP contribution in [0.1, 0.15) is 19.4 Å². The van der Waals surface area contributed by atoms with Crippen LogP contribution in [0.25, 0.3) is 16.6 Å². The van der Waals surface area contributed by atoms with E-state index >= 15 is 0 Å². The summed E-state index contributed by atoms with van der Waals surface area (Å²) in [7, 11) is 0. The molecule has 1 aromatic heterocycles. The smallest absolute Gasteiger partial charge is 0.266 e. The fourth-order valence-electron chi connectivity index (χ4n) is 2.37. The lowest BCUT2D eigenvalue weighted by Crippen LogP contribution is -2.22. The maximum absolute atomic E-state index is 13.0. The third-order valence-corrected chi connectivity index (χ3v) is 4.95. The van der Waals surface area contributed by atoms with Crippen molar-refractivity contribution >= 4 is 22.7 Å². The highest BCUT2D eigenvalue weighted by Gasteiger charge is 2.13. The molecule has 0 fully saturated rings. The zero-order valence-electron chi connectivity index (χ0n) is 13.6. The monoisotopic (exact) mass is 324 g/mol. The Morgan fingerprint density at radius 3 is 2.48 bits per heavy atom. The van der Waals surface area contributed by atoms with E-state index in [2.05, 4.69) is 13.8 Å². The number of thioether (sulfide) groups is 1. The van der Waals surface area contributed by atoms with Crippen molar-refractivity contribution in [2.75, 3.05) is 5.75 Å². The molecule has 0 bridgehead atoms. The summed E-state index contributed by atoms with van der Waals surface area (Å²) in [4.78, 5) is 17.7. The van der Waals surface area contributed by atoms with Crippen LogP contribution in [-0.2, 0) is 0 Å². The Kier molecular flexibility index (Phi) is 4.53. The number of rotatable bonds is 4. The summed E-state index contributed by atoms with van der Waals surface area (Å²) >= 11 is 1.64. The number of hydrogen-bond acceptors (Lipinski definition) is 3. The SMILES string of the molecule is Cc1ccc(-n2c(SCC(C)C)nc3ccccc3c2=O)cc1. The second-order valence-corrected chi connectivity index (χ2v) is 7.08. The second kappa shape index (κ2) is 6.59. The zero-order valence-corrected chi connectivity index (χ0v) is 14.4. The van der Waals surface area contributed by atoms with Crippen molar-refractivity contribution in [3.63, 3.8) is 0 Å². The van der Waals surface area contributed by atoms with Gasteiger partial charge < -0.3 is 0 Å². The minimum absolute atomic E-state index is 0.00860. The molecule has 2 aromatic carbocycles. The van der Waals surface area contributed by atoms with Gasteiger partial charge in [-0.15, -0.1) is 0 Å². The van der Waals surface area contributed by atoms with Gasteiger partial charge in [-0.05, 0) is 37.1 Å². The number of aryl methyl sites for hydroxylation is 1. The number of aromatic nitrogens is 2. The van der Waals surface area contributed by atoms with E-state index in [1.807, 2.05) is 55.5 Å². The van der Waals surface area contributed by atoms with E-state index in [-0.39, 0.29) is 5.56 Å². The Labute approximate surface area is 140 Å². The average molecular weight is 324 g/mol. The van der Waals surface area contributed by atoms with E-state index in [0.29, 0.717) is 11.3 Å². The first-order valence-corrected chi connectivity index (χ1v) is 8.76. The number of para-hydroxylation sites is 1. The molecule has 4 heteroatoms. The number of benzene rings is 2. The molecule has 0 aliphatic heterocycles. The minimum Gasteiger partial charge on any atom is -0.268 e. The van der Waals surface area contributed by atoms with Gasteiger partial charge in [0.1, 0.15) is 0 Å². The molecule has 0 N–H and O–H groups in total. The van der Waals surface area contributed by atoms with Crippen LogP contribution in [0, 0.1) is 12.8 Å². The van der Waals surface area contributed by atoms with Gasteiger partial charge in [-0.2, -0.15) is 0 Å². The van der Waals surface area contributed by atoms with Gasteiger partial charge in [0.2, 0.25) is 0 Å². The van der Waals surface area contributed by atoms with Crippen LogP contribution >= 0.6 is 11.8 Å². The third kappa shape index (κ3) is 3.32. The Morgan fingerprint density at radius 1 is 1.09 bits per heavy atom. The normalized spacial score (nSPS) is 11.3. The van der Waals surface area contributed by atoms with Crippen molar-refractivity contribution in [3.8, 4) is 5.69 Å². The van der Waals surface area contributed by atoms with Crippen molar-refractivity contribution in [2.45, 2.75) is 25.9 Å². The van der Waals surface area contributed by atoms with E-state index in [1.165, 1.54) is 5.56 Å². The lowest BCUT2D eigenvalue weighted by molar-refractivity contribution is 0.742. The van der Waals surface area contributed by atoms with Gasteiger partial charge in [0.15, 0.2) is 5.16 Å². The summed E-state index contributed by atoms with van der Waals surface area (Å²) in [6.45, 7) is 6.38. The lowest BCUT2D eigenvalue weighted by Gasteiger charge is -2.14. The maximum Gasteiger partial charge on any atom is 0.266 e. The second-order valence-electron chi connectivity index (χ2n) is 6.09. The molecule has 3 nitrogen and oxygen atoms in total. The van der Waals surface area contributed by atoms with Crippen molar-refractivity contribution < 1.29 is 0 Å². The molecule has 3 rings (SSSR count). The quantitative estimate of drug-likeness (QED) is 0.525. The highest BCUT2D eigenvalue weighted by Crippen LogP contribution is 2.23. The van der Waals surface area contributed by atoms with E-state index < -0.39 is 0 Å². The van der Waals surface area contributed by atoms with Crippen molar-refractivity contribution in [3.05, 3.63) is 64.4 Å². The van der Waals surface area contributed by atoms with Crippen LogP contribution in [0.5, 0.6) is 0 Å². The summed E-state index contributed by atoms with van der Waals surface area (Å²) in [5.74, 6) is 1.46. The van der Waals surface area contributed by atoms with E-state index in [4.69, 9.17) is 4.98 Å². The topological polar surface area (TPSA) is 34.9 Å². The van der Waals surface area contributed by atoms with Gasteiger partial charge in [0.05, 0.1) is 16.6 Å². The molecule has 0 saturated heterocycles. The first-order valence-electron chi connectivity index (χ1n) is 7.78. The first kappa shape index (κ1) is 15.8. The molecule has 0 aliphatic rings. The van der Waals surface area contributed by atoms with Crippen molar-refractivity contribution in [2.24, 2.45) is 5.92 Å². The fraction of sp³-hybridized carbons (Fsp3) is 0.263. The van der Waals surface area contributed by atoms with Crippen molar-refractivity contribution in [1.29, 1.82) is 0 Å². The highest BCUT2D eigenvalue weighted by molar-refractivity contribution is 7.99. The van der Waals surface area contributed by atoms with Gasteiger partial charge in [-0.1, -0.05) is 55.4 Å². The van der Waals surface area contributed by atoms with Crippen LogP contribution < -0.4 is 5.56 Å². The van der Waals surface area contributed by atoms with Gasteiger partial charge in [-0.3, -0.25) is 9.36 Å². The van der Waals surface area contributed by atoms with E-state index in [9.17, 15) is 4.79 Å². The molecule has 0 saturated carbocycles. The summed E-state index contributed by atoms with van der Waals surface area (Å²) in [5.41, 5.74) is 2.79. The fourth-order valence-corrected chi connectivity index (χ4v) is 3.33. The molecule has 0 spiro atoms. The minimum atomic E-state index is -0.00860. The largest absolute Gasteiger partial charge is 0.268 e. The molecular weight excluding hydrogens is 304 g/mol. The van der Waals surface area contributed by atoms with Crippen LogP contribution in [0.15, 0.2) is 58.5 Å². The predicted molar refractivity (Wildman–Crippen MR) is 97.6 cm³/mol. The van der Waals surface area contributed by atoms with E-state index in [1.54, 1.807) is 16.3 Å². The molecule has 3 aromatic rings. The van der Waals surface area contributed by atoms with Crippen molar-refractivity contribution in [1.82, 2.24) is 9.55 Å². The number of nitrogens with zero attached hydrogens (tertiary/aromatic N) is 2. The number of hydrogen-bond donors (Lipinski definition) is 0. The summed E-state index contributed by atoms with van der Waals surface area (Å²) in [6.07, 6.45) is 0. The molecule has 1 heterocycles. The Hall–Kier alpha value is -2.07. The standard InChI is InChI=1S/C19H20N2OS/c1-13(2)12-23-19-20-17-7-5-4-6-16(17)18(22)21(19)15-10-8-14(3)9-11-15/h4-11,13H,12H2,1-3H3. The highest BCUT2D eigenvalue weighted by atomic mass is 32.2. The zero-order chi connectivity index (χ0) is 16.4. The van der Waals surface area contributed by atoms with Gasteiger partial charge in [-0.25, -0.2) is 4.98 Å². The first-order chi connectivity index (χ1) is 11.1. The molecule has 0 amide bonds.